The summed E-state index contributed by atoms with van der Waals surface area (Å²) in [5.41, 5.74) is -0.0856. The fraction of sp³-hybridized carbons (Fsp3) is 0.111. The first-order chi connectivity index (χ1) is 6.84. The van der Waals surface area contributed by atoms with Crippen molar-refractivity contribution in [2.75, 3.05) is 0 Å². The summed E-state index contributed by atoms with van der Waals surface area (Å²) in [6.45, 7) is 3.25. The Hall–Kier alpha value is -0.940. The molecule has 0 amide bonds. The van der Waals surface area contributed by atoms with Crippen LogP contribution >= 0.6 is 10.7 Å². The van der Waals surface area contributed by atoms with Crippen LogP contribution in [0.2, 0.25) is 0 Å². The van der Waals surface area contributed by atoms with E-state index in [4.69, 9.17) is 10.7 Å². The van der Waals surface area contributed by atoms with Gasteiger partial charge in [-0.25, -0.2) is 17.2 Å². The smallest absolute Gasteiger partial charge is 0.211 e. The molecule has 0 saturated carbocycles. The molecule has 0 saturated heterocycles. The van der Waals surface area contributed by atoms with Crippen LogP contribution in [0.25, 0.3) is 0 Å². The average molecular weight is 253 g/mol. The molecule has 0 aliphatic rings. The Bertz CT molecular complexity index is 465. The molecular weight excluding hydrogens is 246 g/mol. The Labute approximate surface area is 90.6 Å². The van der Waals surface area contributed by atoms with E-state index in [1.807, 2.05) is 0 Å². The Morgan fingerprint density at radius 3 is 2.07 bits per heavy atom. The normalized spacial score (nSPS) is 13.5. The SMILES string of the molecule is C=CC(c1cc(F)cc(F)c1)S(=O)(=O)Cl. The molecule has 1 unspecified atom stereocenters. The van der Waals surface area contributed by atoms with E-state index in [-0.39, 0.29) is 5.56 Å². The highest BCUT2D eigenvalue weighted by Crippen LogP contribution is 2.27. The summed E-state index contributed by atoms with van der Waals surface area (Å²) >= 11 is 0. The van der Waals surface area contributed by atoms with Gasteiger partial charge < -0.3 is 0 Å². The molecule has 0 aliphatic heterocycles. The maximum Gasteiger partial charge on any atom is 0.243 e. The Kier molecular flexibility index (Phi) is 3.46. The zero-order valence-corrected chi connectivity index (χ0v) is 9.02. The molecule has 0 aromatic heterocycles. The first-order valence-electron chi connectivity index (χ1n) is 3.86. The zero-order valence-electron chi connectivity index (χ0n) is 7.45. The highest BCUT2D eigenvalue weighted by molar-refractivity contribution is 8.14. The fourth-order valence-corrected chi connectivity index (χ4v) is 2.37. The van der Waals surface area contributed by atoms with Crippen molar-refractivity contribution in [3.63, 3.8) is 0 Å². The van der Waals surface area contributed by atoms with Crippen LogP contribution in [0, 0.1) is 11.6 Å². The summed E-state index contributed by atoms with van der Waals surface area (Å²) in [6, 6.07) is 2.44. The van der Waals surface area contributed by atoms with Crippen molar-refractivity contribution in [3.05, 3.63) is 48.1 Å². The lowest BCUT2D eigenvalue weighted by Gasteiger charge is -2.08. The second-order valence-electron chi connectivity index (χ2n) is 2.83. The van der Waals surface area contributed by atoms with E-state index in [9.17, 15) is 17.2 Å². The van der Waals surface area contributed by atoms with Crippen LogP contribution in [-0.4, -0.2) is 8.42 Å². The third-order valence-corrected chi connectivity index (χ3v) is 3.38. The van der Waals surface area contributed by atoms with Crippen molar-refractivity contribution in [1.82, 2.24) is 0 Å². The summed E-state index contributed by atoms with van der Waals surface area (Å²) in [7, 11) is 1.11. The van der Waals surface area contributed by atoms with Gasteiger partial charge in [-0.1, -0.05) is 6.08 Å². The summed E-state index contributed by atoms with van der Waals surface area (Å²) < 4.78 is 47.7. The third-order valence-electron chi connectivity index (χ3n) is 1.73. The number of benzene rings is 1. The monoisotopic (exact) mass is 252 g/mol. The number of rotatable bonds is 3. The summed E-state index contributed by atoms with van der Waals surface area (Å²) in [5, 5.41) is -1.32. The van der Waals surface area contributed by atoms with Crippen molar-refractivity contribution in [3.8, 4) is 0 Å². The van der Waals surface area contributed by atoms with Crippen LogP contribution in [0.3, 0.4) is 0 Å². The molecule has 0 aliphatic carbocycles. The predicted molar refractivity (Wildman–Crippen MR) is 54.1 cm³/mol. The molecule has 2 nitrogen and oxygen atoms in total. The van der Waals surface area contributed by atoms with E-state index in [0.29, 0.717) is 6.07 Å². The zero-order chi connectivity index (χ0) is 11.6. The minimum Gasteiger partial charge on any atom is -0.211 e. The molecule has 0 N–H and O–H groups in total. The summed E-state index contributed by atoms with van der Waals surface area (Å²) in [4.78, 5) is 0. The van der Waals surface area contributed by atoms with Crippen LogP contribution in [0.4, 0.5) is 8.78 Å². The molecule has 0 bridgehead atoms. The lowest BCUT2D eigenvalue weighted by atomic mass is 10.1. The molecule has 1 atom stereocenters. The van der Waals surface area contributed by atoms with Gasteiger partial charge in [-0.3, -0.25) is 0 Å². The van der Waals surface area contributed by atoms with Gasteiger partial charge in [0.1, 0.15) is 16.9 Å². The van der Waals surface area contributed by atoms with Crippen LogP contribution < -0.4 is 0 Å². The molecule has 0 fully saturated rings. The second kappa shape index (κ2) is 4.28. The minimum absolute atomic E-state index is 0.0856. The Morgan fingerprint density at radius 2 is 1.73 bits per heavy atom. The molecule has 1 aromatic carbocycles. The topological polar surface area (TPSA) is 34.1 Å². The van der Waals surface area contributed by atoms with Gasteiger partial charge in [-0.2, -0.15) is 0 Å². The largest absolute Gasteiger partial charge is 0.243 e. The average Bonchev–Trinajstić information content (AvgIpc) is 1.99. The molecule has 0 spiro atoms. The van der Waals surface area contributed by atoms with Gasteiger partial charge in [-0.15, -0.1) is 6.58 Å². The van der Waals surface area contributed by atoms with Gasteiger partial charge in [0.25, 0.3) is 0 Å². The lowest BCUT2D eigenvalue weighted by molar-refractivity contribution is 0.578. The highest BCUT2D eigenvalue weighted by Gasteiger charge is 2.22. The van der Waals surface area contributed by atoms with E-state index in [1.165, 1.54) is 0 Å². The molecule has 15 heavy (non-hydrogen) atoms. The maximum atomic E-state index is 12.8. The van der Waals surface area contributed by atoms with Gasteiger partial charge in [-0.05, 0) is 17.7 Å². The van der Waals surface area contributed by atoms with Gasteiger partial charge in [0, 0.05) is 16.7 Å². The molecule has 0 radical (unpaired) electrons. The molecule has 6 heteroatoms. The lowest BCUT2D eigenvalue weighted by Crippen LogP contribution is -2.05. The van der Waals surface area contributed by atoms with Crippen molar-refractivity contribution >= 4 is 19.7 Å². The Morgan fingerprint density at radius 1 is 1.27 bits per heavy atom. The van der Waals surface area contributed by atoms with E-state index < -0.39 is 25.9 Å². The predicted octanol–water partition coefficient (Wildman–Crippen LogP) is 2.76. The first-order valence-corrected chi connectivity index (χ1v) is 6.24. The summed E-state index contributed by atoms with van der Waals surface area (Å²) in [5.74, 6) is -1.73. The van der Waals surface area contributed by atoms with Crippen LogP contribution in [0.1, 0.15) is 10.8 Å². The molecule has 1 aromatic rings. The standard InChI is InChI=1S/C9H7ClF2O2S/c1-2-9(15(10,13)14)6-3-7(11)5-8(12)4-6/h2-5,9H,1H2. The fourth-order valence-electron chi connectivity index (χ4n) is 1.15. The van der Waals surface area contributed by atoms with Gasteiger partial charge >= 0.3 is 0 Å². The first kappa shape index (κ1) is 12.1. The number of hydrogen-bond acceptors (Lipinski definition) is 2. The van der Waals surface area contributed by atoms with Gasteiger partial charge in [0.05, 0.1) is 0 Å². The van der Waals surface area contributed by atoms with Crippen molar-refractivity contribution < 1.29 is 17.2 Å². The van der Waals surface area contributed by atoms with Crippen molar-refractivity contribution in [2.45, 2.75) is 5.25 Å². The van der Waals surface area contributed by atoms with Gasteiger partial charge in [0.2, 0.25) is 9.05 Å². The quantitative estimate of drug-likeness (QED) is 0.612. The Balaban J connectivity index is 3.31. The molecule has 82 valence electrons. The van der Waals surface area contributed by atoms with E-state index in [2.05, 4.69) is 6.58 Å². The molecule has 0 heterocycles. The minimum atomic E-state index is -3.98. The third kappa shape index (κ3) is 3.00. The summed E-state index contributed by atoms with van der Waals surface area (Å²) in [6.07, 6.45) is 1.01. The van der Waals surface area contributed by atoms with Crippen LogP contribution in [0.5, 0.6) is 0 Å². The molecular formula is C9H7ClF2O2S. The second-order valence-corrected chi connectivity index (χ2v) is 5.58. The van der Waals surface area contributed by atoms with E-state index in [0.717, 1.165) is 18.2 Å². The molecule has 1 rings (SSSR count). The number of halogens is 3. The highest BCUT2D eigenvalue weighted by atomic mass is 35.7. The van der Waals surface area contributed by atoms with Gasteiger partial charge in [0.15, 0.2) is 0 Å². The van der Waals surface area contributed by atoms with E-state index >= 15 is 0 Å². The van der Waals surface area contributed by atoms with E-state index in [1.54, 1.807) is 0 Å². The van der Waals surface area contributed by atoms with Crippen LogP contribution in [-0.2, 0) is 9.05 Å². The maximum absolute atomic E-state index is 12.8. The number of hydrogen-bond donors (Lipinski definition) is 0. The van der Waals surface area contributed by atoms with Crippen molar-refractivity contribution in [2.24, 2.45) is 0 Å². The van der Waals surface area contributed by atoms with Crippen LogP contribution in [0.15, 0.2) is 30.9 Å². The van der Waals surface area contributed by atoms with Crippen molar-refractivity contribution in [1.29, 1.82) is 0 Å².